The van der Waals surface area contributed by atoms with Crippen LogP contribution in [-0.2, 0) is 17.8 Å². The standard InChI is InChI=1S/C24H31FN2O2/c1-3-24(28)23-17-22(25)12-11-21(23)10-9-19(2)27-14-13-26-15-16-29-18-20-7-5-4-6-8-20/h4-8,11-12,17,26-27H,2-3,9-10,13-16,18H2,1H3. The van der Waals surface area contributed by atoms with Crippen LogP contribution in [-0.4, -0.2) is 32.0 Å². The third kappa shape index (κ3) is 8.59. The fourth-order valence-electron chi connectivity index (χ4n) is 2.95. The van der Waals surface area contributed by atoms with Gasteiger partial charge in [-0.1, -0.05) is 49.9 Å². The van der Waals surface area contributed by atoms with E-state index in [-0.39, 0.29) is 11.6 Å². The number of carbonyl (C=O) groups is 1. The van der Waals surface area contributed by atoms with Crippen LogP contribution < -0.4 is 10.6 Å². The Bertz CT molecular complexity index is 778. The molecule has 2 aromatic carbocycles. The molecule has 29 heavy (non-hydrogen) atoms. The maximum absolute atomic E-state index is 13.4. The fourth-order valence-corrected chi connectivity index (χ4v) is 2.95. The lowest BCUT2D eigenvalue weighted by Gasteiger charge is -2.12. The van der Waals surface area contributed by atoms with E-state index in [1.54, 1.807) is 13.0 Å². The molecule has 0 saturated carbocycles. The van der Waals surface area contributed by atoms with Gasteiger partial charge in [0.05, 0.1) is 13.2 Å². The summed E-state index contributed by atoms with van der Waals surface area (Å²) < 4.78 is 19.1. The van der Waals surface area contributed by atoms with Crippen LogP contribution in [0.15, 0.2) is 60.8 Å². The molecule has 5 heteroatoms. The lowest BCUT2D eigenvalue weighted by atomic mass is 9.98. The van der Waals surface area contributed by atoms with Crippen molar-refractivity contribution in [3.05, 3.63) is 83.3 Å². The Kier molecular flexibility index (Phi) is 10.1. The number of benzene rings is 2. The molecule has 4 nitrogen and oxygen atoms in total. The number of hydrogen-bond acceptors (Lipinski definition) is 4. The number of allylic oxidation sites excluding steroid dienone is 1. The van der Waals surface area contributed by atoms with Gasteiger partial charge in [0.1, 0.15) is 5.82 Å². The van der Waals surface area contributed by atoms with E-state index in [0.29, 0.717) is 38.0 Å². The number of rotatable bonds is 14. The van der Waals surface area contributed by atoms with E-state index >= 15 is 0 Å². The second-order valence-corrected chi connectivity index (χ2v) is 6.90. The number of aryl methyl sites for hydroxylation is 1. The molecule has 0 heterocycles. The van der Waals surface area contributed by atoms with E-state index in [2.05, 4.69) is 29.3 Å². The summed E-state index contributed by atoms with van der Waals surface area (Å²) in [5.74, 6) is -0.405. The molecule has 0 radical (unpaired) electrons. The van der Waals surface area contributed by atoms with Gasteiger partial charge < -0.3 is 15.4 Å². The van der Waals surface area contributed by atoms with Crippen molar-refractivity contribution in [1.29, 1.82) is 0 Å². The molecule has 0 atom stereocenters. The smallest absolute Gasteiger partial charge is 0.162 e. The van der Waals surface area contributed by atoms with Gasteiger partial charge in [0, 0.05) is 37.3 Å². The molecule has 156 valence electrons. The number of ketones is 1. The van der Waals surface area contributed by atoms with Crippen LogP contribution in [0.5, 0.6) is 0 Å². The first-order valence-electron chi connectivity index (χ1n) is 10.2. The second-order valence-electron chi connectivity index (χ2n) is 6.90. The number of nitrogens with one attached hydrogen (secondary N) is 2. The van der Waals surface area contributed by atoms with Gasteiger partial charge in [0.15, 0.2) is 5.78 Å². The van der Waals surface area contributed by atoms with Crippen molar-refractivity contribution in [2.75, 3.05) is 26.2 Å². The van der Waals surface area contributed by atoms with Crippen LogP contribution in [0.4, 0.5) is 4.39 Å². The van der Waals surface area contributed by atoms with E-state index < -0.39 is 0 Å². The molecule has 0 amide bonds. The van der Waals surface area contributed by atoms with Gasteiger partial charge >= 0.3 is 0 Å². The summed E-state index contributed by atoms with van der Waals surface area (Å²) in [5.41, 5.74) is 3.44. The zero-order valence-electron chi connectivity index (χ0n) is 17.2. The van der Waals surface area contributed by atoms with Crippen LogP contribution in [0.1, 0.15) is 41.3 Å². The number of Topliss-reactive ketones (excluding diaryl/α,β-unsaturated/α-hetero) is 1. The zero-order valence-corrected chi connectivity index (χ0v) is 17.2. The van der Waals surface area contributed by atoms with Crippen molar-refractivity contribution in [2.24, 2.45) is 0 Å². The minimum atomic E-state index is -0.374. The SMILES string of the molecule is C=C(CCc1ccc(F)cc1C(=O)CC)NCCNCCOCc1ccccc1. The van der Waals surface area contributed by atoms with Gasteiger partial charge in [0.2, 0.25) is 0 Å². The molecular weight excluding hydrogens is 367 g/mol. The van der Waals surface area contributed by atoms with Crippen molar-refractivity contribution >= 4 is 5.78 Å². The number of halogens is 1. The first-order valence-corrected chi connectivity index (χ1v) is 10.2. The summed E-state index contributed by atoms with van der Waals surface area (Å²) in [5, 5.41) is 6.61. The Morgan fingerprint density at radius 3 is 2.66 bits per heavy atom. The van der Waals surface area contributed by atoms with Crippen LogP contribution in [0.2, 0.25) is 0 Å². The van der Waals surface area contributed by atoms with Gasteiger partial charge in [0.25, 0.3) is 0 Å². The first kappa shape index (κ1) is 22.8. The highest BCUT2D eigenvalue weighted by atomic mass is 19.1. The molecule has 0 aliphatic rings. The maximum atomic E-state index is 13.4. The Morgan fingerprint density at radius 2 is 1.90 bits per heavy atom. The molecule has 0 aromatic heterocycles. The lowest BCUT2D eigenvalue weighted by Crippen LogP contribution is -2.29. The molecule has 0 unspecified atom stereocenters. The minimum absolute atomic E-state index is 0.0308. The van der Waals surface area contributed by atoms with Gasteiger partial charge in [-0.3, -0.25) is 4.79 Å². The Labute approximate surface area is 173 Å². The summed E-state index contributed by atoms with van der Waals surface area (Å²) in [6.45, 7) is 9.48. The highest BCUT2D eigenvalue weighted by Crippen LogP contribution is 2.16. The van der Waals surface area contributed by atoms with Crippen molar-refractivity contribution < 1.29 is 13.9 Å². The molecule has 2 N–H and O–H groups in total. The molecule has 0 aliphatic carbocycles. The van der Waals surface area contributed by atoms with Crippen molar-refractivity contribution in [3.63, 3.8) is 0 Å². The van der Waals surface area contributed by atoms with E-state index in [1.807, 2.05) is 18.2 Å². The molecule has 0 saturated heterocycles. The van der Waals surface area contributed by atoms with Crippen LogP contribution in [0.25, 0.3) is 0 Å². The van der Waals surface area contributed by atoms with Crippen LogP contribution in [0, 0.1) is 5.82 Å². The van der Waals surface area contributed by atoms with E-state index in [1.165, 1.54) is 17.7 Å². The van der Waals surface area contributed by atoms with Gasteiger partial charge in [-0.25, -0.2) is 4.39 Å². The monoisotopic (exact) mass is 398 g/mol. The largest absolute Gasteiger partial charge is 0.388 e. The summed E-state index contributed by atoms with van der Waals surface area (Å²) in [4.78, 5) is 12.0. The Hall–Kier alpha value is -2.50. The summed E-state index contributed by atoms with van der Waals surface area (Å²) >= 11 is 0. The Morgan fingerprint density at radius 1 is 1.10 bits per heavy atom. The van der Waals surface area contributed by atoms with Gasteiger partial charge in [-0.2, -0.15) is 0 Å². The molecule has 0 fully saturated rings. The zero-order chi connectivity index (χ0) is 20.9. The van der Waals surface area contributed by atoms with Crippen LogP contribution in [0.3, 0.4) is 0 Å². The van der Waals surface area contributed by atoms with Gasteiger partial charge in [-0.15, -0.1) is 0 Å². The van der Waals surface area contributed by atoms with E-state index in [0.717, 1.165) is 30.9 Å². The average Bonchev–Trinajstić information content (AvgIpc) is 2.74. The molecular formula is C24H31FN2O2. The second kappa shape index (κ2) is 12.9. The summed E-state index contributed by atoms with van der Waals surface area (Å²) in [6, 6.07) is 14.6. The van der Waals surface area contributed by atoms with Crippen molar-refractivity contribution in [2.45, 2.75) is 32.8 Å². The summed E-state index contributed by atoms with van der Waals surface area (Å²) in [7, 11) is 0. The van der Waals surface area contributed by atoms with E-state index in [4.69, 9.17) is 4.74 Å². The quantitative estimate of drug-likeness (QED) is 0.369. The fraction of sp³-hybridized carbons (Fsp3) is 0.375. The third-order valence-electron chi connectivity index (χ3n) is 4.60. The summed E-state index contributed by atoms with van der Waals surface area (Å²) in [6.07, 6.45) is 1.74. The maximum Gasteiger partial charge on any atom is 0.162 e. The van der Waals surface area contributed by atoms with E-state index in [9.17, 15) is 9.18 Å². The highest BCUT2D eigenvalue weighted by Gasteiger charge is 2.11. The van der Waals surface area contributed by atoms with Crippen LogP contribution >= 0.6 is 0 Å². The number of hydrogen-bond donors (Lipinski definition) is 2. The third-order valence-corrected chi connectivity index (χ3v) is 4.60. The van der Waals surface area contributed by atoms with Crippen molar-refractivity contribution in [3.8, 4) is 0 Å². The van der Waals surface area contributed by atoms with Gasteiger partial charge in [-0.05, 0) is 36.1 Å². The minimum Gasteiger partial charge on any atom is -0.388 e. The predicted octanol–water partition coefficient (Wildman–Crippen LogP) is 4.26. The average molecular weight is 399 g/mol. The molecule has 2 rings (SSSR count). The highest BCUT2D eigenvalue weighted by molar-refractivity contribution is 5.97. The lowest BCUT2D eigenvalue weighted by molar-refractivity contribution is 0.0986. The first-order chi connectivity index (χ1) is 14.1. The van der Waals surface area contributed by atoms with Crippen molar-refractivity contribution in [1.82, 2.24) is 10.6 Å². The predicted molar refractivity (Wildman–Crippen MR) is 115 cm³/mol. The molecule has 0 spiro atoms. The number of carbonyl (C=O) groups excluding carboxylic acids is 1. The molecule has 0 bridgehead atoms. The molecule has 2 aromatic rings. The topological polar surface area (TPSA) is 50.4 Å². The number of ether oxygens (including phenoxy) is 1. The normalized spacial score (nSPS) is 10.7. The Balaban J connectivity index is 1.57. The molecule has 0 aliphatic heterocycles.